The standard InChI is InChI=1S/C15H18F2N2S/c1-19(10-11-4-3-9-20-11)8-7-14(18)12-5-2-6-13(16)15(12)17/h2-6,9,14H,7-8,10,18H2,1H3. The van der Waals surface area contributed by atoms with Crippen molar-refractivity contribution in [2.45, 2.75) is 19.0 Å². The summed E-state index contributed by atoms with van der Waals surface area (Å²) >= 11 is 1.70. The van der Waals surface area contributed by atoms with Gasteiger partial charge in [0.2, 0.25) is 0 Å². The quantitative estimate of drug-likeness (QED) is 0.883. The molecule has 0 aliphatic rings. The first-order valence-corrected chi connectivity index (χ1v) is 7.36. The fourth-order valence-corrected chi connectivity index (χ4v) is 2.85. The maximum absolute atomic E-state index is 13.6. The second-order valence-corrected chi connectivity index (χ2v) is 5.89. The summed E-state index contributed by atoms with van der Waals surface area (Å²) in [5.41, 5.74) is 6.20. The Morgan fingerprint density at radius 1 is 1.25 bits per heavy atom. The van der Waals surface area contributed by atoms with Crippen LogP contribution in [0.2, 0.25) is 0 Å². The first-order chi connectivity index (χ1) is 9.58. The van der Waals surface area contributed by atoms with Gasteiger partial charge in [-0.1, -0.05) is 18.2 Å². The molecule has 1 atom stereocenters. The van der Waals surface area contributed by atoms with Gasteiger partial charge < -0.3 is 10.6 Å². The molecule has 108 valence electrons. The zero-order valence-electron chi connectivity index (χ0n) is 11.4. The Labute approximate surface area is 121 Å². The number of thiophene rings is 1. The van der Waals surface area contributed by atoms with Gasteiger partial charge in [-0.05, 0) is 31.0 Å². The molecule has 20 heavy (non-hydrogen) atoms. The predicted octanol–water partition coefficient (Wildman–Crippen LogP) is 3.55. The lowest BCUT2D eigenvalue weighted by Crippen LogP contribution is -2.23. The maximum Gasteiger partial charge on any atom is 0.163 e. The van der Waals surface area contributed by atoms with E-state index in [2.05, 4.69) is 11.0 Å². The van der Waals surface area contributed by atoms with Gasteiger partial charge in [-0.25, -0.2) is 8.78 Å². The van der Waals surface area contributed by atoms with Gasteiger partial charge in [0.05, 0.1) is 0 Å². The van der Waals surface area contributed by atoms with Gasteiger partial charge in [-0.3, -0.25) is 0 Å². The van der Waals surface area contributed by atoms with Gasteiger partial charge in [0, 0.05) is 29.6 Å². The second-order valence-electron chi connectivity index (χ2n) is 4.86. The Morgan fingerprint density at radius 3 is 2.75 bits per heavy atom. The summed E-state index contributed by atoms with van der Waals surface area (Å²) in [6.45, 7) is 1.57. The normalized spacial score (nSPS) is 12.8. The third-order valence-electron chi connectivity index (χ3n) is 3.21. The number of benzene rings is 1. The molecule has 0 saturated heterocycles. The van der Waals surface area contributed by atoms with Gasteiger partial charge in [0.15, 0.2) is 11.6 Å². The molecular formula is C15H18F2N2S. The average molecular weight is 296 g/mol. The van der Waals surface area contributed by atoms with E-state index >= 15 is 0 Å². The molecule has 0 aliphatic heterocycles. The van der Waals surface area contributed by atoms with Crippen LogP contribution < -0.4 is 5.73 Å². The zero-order chi connectivity index (χ0) is 14.5. The number of nitrogens with two attached hydrogens (primary N) is 1. The summed E-state index contributed by atoms with van der Waals surface area (Å²) in [7, 11) is 1.99. The number of hydrogen-bond donors (Lipinski definition) is 1. The van der Waals surface area contributed by atoms with Crippen molar-refractivity contribution in [3.63, 3.8) is 0 Å². The molecule has 1 heterocycles. The predicted molar refractivity (Wildman–Crippen MR) is 78.6 cm³/mol. The SMILES string of the molecule is CN(CCC(N)c1cccc(F)c1F)Cc1cccs1. The topological polar surface area (TPSA) is 29.3 Å². The van der Waals surface area contributed by atoms with Crippen molar-refractivity contribution < 1.29 is 8.78 Å². The second kappa shape index (κ2) is 6.92. The van der Waals surface area contributed by atoms with E-state index in [1.54, 1.807) is 17.4 Å². The summed E-state index contributed by atoms with van der Waals surface area (Å²) in [5, 5.41) is 2.04. The van der Waals surface area contributed by atoms with E-state index in [1.807, 2.05) is 18.5 Å². The van der Waals surface area contributed by atoms with Crippen LogP contribution in [0, 0.1) is 11.6 Å². The highest BCUT2D eigenvalue weighted by molar-refractivity contribution is 7.09. The highest BCUT2D eigenvalue weighted by Crippen LogP contribution is 2.20. The Morgan fingerprint density at radius 2 is 2.05 bits per heavy atom. The Bertz CT molecular complexity index is 543. The first kappa shape index (κ1) is 15.1. The molecule has 0 saturated carbocycles. The minimum Gasteiger partial charge on any atom is -0.324 e. The van der Waals surface area contributed by atoms with Gasteiger partial charge in [0.1, 0.15) is 0 Å². The summed E-state index contributed by atoms with van der Waals surface area (Å²) < 4.78 is 26.8. The zero-order valence-corrected chi connectivity index (χ0v) is 12.2. The molecule has 2 rings (SSSR count). The number of rotatable bonds is 6. The monoisotopic (exact) mass is 296 g/mol. The van der Waals surface area contributed by atoms with Gasteiger partial charge in [0.25, 0.3) is 0 Å². The summed E-state index contributed by atoms with van der Waals surface area (Å²) in [6, 6.07) is 7.74. The lowest BCUT2D eigenvalue weighted by molar-refractivity contribution is 0.312. The Hall–Kier alpha value is -1.30. The average Bonchev–Trinajstić information content (AvgIpc) is 2.92. The van der Waals surface area contributed by atoms with Crippen LogP contribution in [0.4, 0.5) is 8.78 Å². The third kappa shape index (κ3) is 3.85. The van der Waals surface area contributed by atoms with Gasteiger partial charge in [-0.15, -0.1) is 11.3 Å². The van der Waals surface area contributed by atoms with E-state index in [9.17, 15) is 8.78 Å². The molecule has 2 N–H and O–H groups in total. The van der Waals surface area contributed by atoms with E-state index in [0.717, 1.165) is 19.2 Å². The van der Waals surface area contributed by atoms with Crippen molar-refractivity contribution in [1.82, 2.24) is 4.90 Å². The van der Waals surface area contributed by atoms with Crippen molar-refractivity contribution >= 4 is 11.3 Å². The van der Waals surface area contributed by atoms with E-state index in [1.165, 1.54) is 10.9 Å². The minimum absolute atomic E-state index is 0.245. The van der Waals surface area contributed by atoms with Crippen molar-refractivity contribution in [2.75, 3.05) is 13.6 Å². The van der Waals surface area contributed by atoms with Crippen LogP contribution in [-0.2, 0) is 6.54 Å². The van der Waals surface area contributed by atoms with Crippen LogP contribution in [0.3, 0.4) is 0 Å². The highest BCUT2D eigenvalue weighted by Gasteiger charge is 2.15. The summed E-state index contributed by atoms with van der Waals surface area (Å²) in [4.78, 5) is 3.40. The van der Waals surface area contributed by atoms with Crippen LogP contribution in [0.1, 0.15) is 22.9 Å². The molecule has 0 aliphatic carbocycles. The Kier molecular flexibility index (Phi) is 5.23. The van der Waals surface area contributed by atoms with Crippen LogP contribution in [0.15, 0.2) is 35.7 Å². The third-order valence-corrected chi connectivity index (χ3v) is 4.07. The fraction of sp³-hybridized carbons (Fsp3) is 0.333. The van der Waals surface area contributed by atoms with Crippen molar-refractivity contribution in [3.05, 3.63) is 57.8 Å². The first-order valence-electron chi connectivity index (χ1n) is 6.48. The molecule has 0 fully saturated rings. The summed E-state index contributed by atoms with van der Waals surface area (Å²) in [5.74, 6) is -1.68. The maximum atomic E-state index is 13.6. The van der Waals surface area contributed by atoms with E-state index < -0.39 is 17.7 Å². The minimum atomic E-state index is -0.843. The molecule has 1 aromatic carbocycles. The smallest absolute Gasteiger partial charge is 0.163 e. The lowest BCUT2D eigenvalue weighted by atomic mass is 10.0. The molecule has 0 amide bonds. The van der Waals surface area contributed by atoms with Crippen molar-refractivity contribution in [3.8, 4) is 0 Å². The lowest BCUT2D eigenvalue weighted by Gasteiger charge is -2.19. The summed E-state index contributed by atoms with van der Waals surface area (Å²) in [6.07, 6.45) is 0.586. The Balaban J connectivity index is 1.88. The largest absolute Gasteiger partial charge is 0.324 e. The molecule has 0 radical (unpaired) electrons. The number of nitrogens with zero attached hydrogens (tertiary/aromatic N) is 1. The van der Waals surface area contributed by atoms with E-state index in [4.69, 9.17) is 5.73 Å². The van der Waals surface area contributed by atoms with Crippen LogP contribution in [0.5, 0.6) is 0 Å². The molecule has 5 heteroatoms. The molecular weight excluding hydrogens is 278 g/mol. The fourth-order valence-electron chi connectivity index (χ4n) is 2.07. The van der Waals surface area contributed by atoms with Crippen molar-refractivity contribution in [2.24, 2.45) is 5.73 Å². The van der Waals surface area contributed by atoms with Crippen molar-refractivity contribution in [1.29, 1.82) is 0 Å². The van der Waals surface area contributed by atoms with Gasteiger partial charge in [-0.2, -0.15) is 0 Å². The van der Waals surface area contributed by atoms with Gasteiger partial charge >= 0.3 is 0 Å². The molecule has 1 aromatic heterocycles. The number of hydrogen-bond acceptors (Lipinski definition) is 3. The molecule has 0 bridgehead atoms. The van der Waals surface area contributed by atoms with E-state index in [-0.39, 0.29) is 5.56 Å². The van der Waals surface area contributed by atoms with E-state index in [0.29, 0.717) is 6.42 Å². The molecule has 0 spiro atoms. The van der Waals surface area contributed by atoms with Crippen LogP contribution >= 0.6 is 11.3 Å². The molecule has 1 unspecified atom stereocenters. The molecule has 2 aromatic rings. The molecule has 2 nitrogen and oxygen atoms in total. The number of halogens is 2. The van der Waals surface area contributed by atoms with Crippen LogP contribution in [0.25, 0.3) is 0 Å². The van der Waals surface area contributed by atoms with Crippen LogP contribution in [-0.4, -0.2) is 18.5 Å². The highest BCUT2D eigenvalue weighted by atomic mass is 32.1.